The monoisotopic (exact) mass is 328 g/mol. The fourth-order valence-electron chi connectivity index (χ4n) is 3.34. The van der Waals surface area contributed by atoms with E-state index in [0.717, 1.165) is 36.2 Å². The first kappa shape index (κ1) is 16.0. The van der Waals surface area contributed by atoms with Gasteiger partial charge in [0.25, 0.3) is 0 Å². The fraction of sp³-hybridized carbons (Fsp3) is 0.333. The van der Waals surface area contributed by atoms with Gasteiger partial charge in [-0.1, -0.05) is 30.3 Å². The van der Waals surface area contributed by atoms with Crippen molar-refractivity contribution in [3.05, 3.63) is 59.7 Å². The molecule has 2 aromatic heterocycles. The van der Waals surface area contributed by atoms with Gasteiger partial charge in [0.1, 0.15) is 5.82 Å². The highest BCUT2D eigenvalue weighted by atomic mass is 35.5. The smallest absolute Gasteiger partial charge is 0.132 e. The van der Waals surface area contributed by atoms with E-state index in [1.54, 1.807) is 0 Å². The van der Waals surface area contributed by atoms with E-state index < -0.39 is 0 Å². The van der Waals surface area contributed by atoms with Crippen LogP contribution < -0.4 is 5.32 Å². The van der Waals surface area contributed by atoms with E-state index in [1.165, 1.54) is 11.1 Å². The van der Waals surface area contributed by atoms with Gasteiger partial charge in [-0.25, -0.2) is 9.97 Å². The molecular formula is C18H21ClN4. The van der Waals surface area contributed by atoms with Gasteiger partial charge < -0.3 is 10.3 Å². The highest BCUT2D eigenvalue weighted by Gasteiger charge is 2.26. The third-order valence-corrected chi connectivity index (χ3v) is 4.60. The van der Waals surface area contributed by atoms with Crippen LogP contribution in [-0.2, 0) is 0 Å². The summed E-state index contributed by atoms with van der Waals surface area (Å²) in [5.41, 5.74) is 4.62. The van der Waals surface area contributed by atoms with Gasteiger partial charge in [0, 0.05) is 18.2 Å². The number of H-pyrrole nitrogens is 1. The maximum absolute atomic E-state index is 4.82. The summed E-state index contributed by atoms with van der Waals surface area (Å²) in [5, 5.41) is 3.62. The van der Waals surface area contributed by atoms with Crippen LogP contribution in [0.2, 0.25) is 0 Å². The van der Waals surface area contributed by atoms with E-state index in [4.69, 9.17) is 4.98 Å². The number of rotatable bonds is 2. The molecule has 1 aliphatic rings. The number of piperidine rings is 1. The lowest BCUT2D eigenvalue weighted by molar-refractivity contribution is 0.360. The third-order valence-electron chi connectivity index (χ3n) is 4.60. The molecule has 2 atom stereocenters. The lowest BCUT2D eigenvalue weighted by Gasteiger charge is -2.29. The van der Waals surface area contributed by atoms with Gasteiger partial charge in [0.15, 0.2) is 0 Å². The second-order valence-electron chi connectivity index (χ2n) is 6.10. The number of aryl methyl sites for hydroxylation is 1. The van der Waals surface area contributed by atoms with Crippen molar-refractivity contribution in [1.82, 2.24) is 20.3 Å². The Hall–Kier alpha value is -1.91. The van der Waals surface area contributed by atoms with Gasteiger partial charge in [-0.2, -0.15) is 0 Å². The maximum Gasteiger partial charge on any atom is 0.132 e. The predicted octanol–water partition coefficient (Wildman–Crippen LogP) is 3.90. The minimum absolute atomic E-state index is 0. The molecule has 0 bridgehead atoms. The van der Waals surface area contributed by atoms with Crippen molar-refractivity contribution in [3.63, 3.8) is 0 Å². The second kappa shape index (κ2) is 6.69. The minimum atomic E-state index is 0. The standard InChI is InChI=1S/C18H20N4.ClH/c1-12-10-20-16-11-21-18(22-17(12)16)14-7-8-19-15(9-14)13-5-3-2-4-6-13;/h2-6,10-11,14-15,19-20H,7-9H2,1H3;1H. The second-order valence-corrected chi connectivity index (χ2v) is 6.10. The fourth-order valence-corrected chi connectivity index (χ4v) is 3.34. The zero-order chi connectivity index (χ0) is 14.9. The molecule has 0 spiro atoms. The molecule has 0 radical (unpaired) electrons. The lowest BCUT2D eigenvalue weighted by Crippen LogP contribution is -2.31. The normalized spacial score (nSPS) is 21.1. The van der Waals surface area contributed by atoms with Crippen LogP contribution in [0.1, 0.15) is 41.8 Å². The molecule has 1 saturated heterocycles. The summed E-state index contributed by atoms with van der Waals surface area (Å²) in [5.74, 6) is 1.41. The Labute approximate surface area is 142 Å². The van der Waals surface area contributed by atoms with E-state index in [9.17, 15) is 0 Å². The predicted molar refractivity (Wildman–Crippen MR) is 95.0 cm³/mol. The largest absolute Gasteiger partial charge is 0.358 e. The molecule has 1 aromatic carbocycles. The number of hydrogen-bond acceptors (Lipinski definition) is 3. The molecule has 5 heteroatoms. The van der Waals surface area contributed by atoms with Crippen molar-refractivity contribution in [1.29, 1.82) is 0 Å². The summed E-state index contributed by atoms with van der Waals surface area (Å²) < 4.78 is 0. The first-order chi connectivity index (χ1) is 10.8. The number of halogens is 1. The summed E-state index contributed by atoms with van der Waals surface area (Å²) in [4.78, 5) is 12.6. The van der Waals surface area contributed by atoms with Crippen molar-refractivity contribution in [2.75, 3.05) is 6.54 Å². The number of nitrogens with one attached hydrogen (secondary N) is 2. The Kier molecular flexibility index (Phi) is 4.64. The first-order valence-corrected chi connectivity index (χ1v) is 7.90. The Bertz CT molecular complexity index is 784. The maximum atomic E-state index is 4.82. The summed E-state index contributed by atoms with van der Waals surface area (Å²) >= 11 is 0. The molecule has 3 heterocycles. The van der Waals surface area contributed by atoms with E-state index in [-0.39, 0.29) is 12.4 Å². The van der Waals surface area contributed by atoms with Crippen LogP contribution in [0.4, 0.5) is 0 Å². The van der Waals surface area contributed by atoms with Crippen LogP contribution in [0.3, 0.4) is 0 Å². The summed E-state index contributed by atoms with van der Waals surface area (Å²) in [6.45, 7) is 3.10. The molecular weight excluding hydrogens is 308 g/mol. The highest BCUT2D eigenvalue weighted by Crippen LogP contribution is 2.33. The number of fused-ring (bicyclic) bond motifs is 1. The molecule has 4 nitrogen and oxygen atoms in total. The highest BCUT2D eigenvalue weighted by molar-refractivity contribution is 5.85. The van der Waals surface area contributed by atoms with Gasteiger partial charge >= 0.3 is 0 Å². The Morgan fingerprint density at radius 2 is 2.00 bits per heavy atom. The summed E-state index contributed by atoms with van der Waals surface area (Å²) in [6, 6.07) is 11.1. The average molecular weight is 329 g/mol. The zero-order valence-electron chi connectivity index (χ0n) is 13.1. The van der Waals surface area contributed by atoms with Crippen LogP contribution >= 0.6 is 12.4 Å². The van der Waals surface area contributed by atoms with Crippen molar-refractivity contribution in [2.24, 2.45) is 0 Å². The van der Waals surface area contributed by atoms with Crippen LogP contribution in [0, 0.1) is 6.92 Å². The third kappa shape index (κ3) is 3.09. The molecule has 1 aliphatic heterocycles. The van der Waals surface area contributed by atoms with Gasteiger partial charge in [-0.05, 0) is 37.4 Å². The SMILES string of the molecule is Cc1c[nH]c2cnc(C3CCNC(c4ccccc4)C3)nc12.Cl. The molecule has 3 aromatic rings. The van der Waals surface area contributed by atoms with Gasteiger partial charge in [0.2, 0.25) is 0 Å². The Morgan fingerprint density at radius 1 is 1.17 bits per heavy atom. The molecule has 120 valence electrons. The molecule has 2 N–H and O–H groups in total. The topological polar surface area (TPSA) is 53.6 Å². The van der Waals surface area contributed by atoms with Crippen molar-refractivity contribution in [3.8, 4) is 0 Å². The molecule has 0 amide bonds. The molecule has 4 rings (SSSR count). The molecule has 0 aliphatic carbocycles. The molecule has 1 fully saturated rings. The molecule has 23 heavy (non-hydrogen) atoms. The van der Waals surface area contributed by atoms with Crippen molar-refractivity contribution >= 4 is 23.4 Å². The Balaban J connectivity index is 0.00000156. The van der Waals surface area contributed by atoms with Crippen LogP contribution in [0.5, 0.6) is 0 Å². The average Bonchev–Trinajstić information content (AvgIpc) is 2.96. The van der Waals surface area contributed by atoms with E-state index >= 15 is 0 Å². The van der Waals surface area contributed by atoms with E-state index in [1.807, 2.05) is 12.4 Å². The van der Waals surface area contributed by atoms with Gasteiger partial charge in [-0.15, -0.1) is 12.4 Å². The quantitative estimate of drug-likeness (QED) is 0.750. The van der Waals surface area contributed by atoms with Gasteiger partial charge in [0.05, 0.1) is 17.2 Å². The first-order valence-electron chi connectivity index (χ1n) is 7.90. The van der Waals surface area contributed by atoms with Crippen LogP contribution in [0.25, 0.3) is 11.0 Å². The van der Waals surface area contributed by atoms with E-state index in [2.05, 4.69) is 52.5 Å². The number of nitrogens with zero attached hydrogens (tertiary/aromatic N) is 2. The van der Waals surface area contributed by atoms with Crippen LogP contribution in [-0.4, -0.2) is 21.5 Å². The number of hydrogen-bond donors (Lipinski definition) is 2. The number of benzene rings is 1. The lowest BCUT2D eigenvalue weighted by atomic mass is 9.88. The zero-order valence-corrected chi connectivity index (χ0v) is 13.9. The van der Waals surface area contributed by atoms with Crippen LogP contribution in [0.15, 0.2) is 42.7 Å². The van der Waals surface area contributed by atoms with E-state index in [0.29, 0.717) is 12.0 Å². The summed E-state index contributed by atoms with van der Waals surface area (Å²) in [6.07, 6.45) is 6.07. The number of aromatic amines is 1. The summed E-state index contributed by atoms with van der Waals surface area (Å²) in [7, 11) is 0. The molecule has 0 saturated carbocycles. The van der Waals surface area contributed by atoms with Crippen molar-refractivity contribution < 1.29 is 0 Å². The van der Waals surface area contributed by atoms with Gasteiger partial charge in [-0.3, -0.25) is 0 Å². The number of aromatic nitrogens is 3. The Morgan fingerprint density at radius 3 is 2.83 bits per heavy atom. The molecule has 2 unspecified atom stereocenters. The van der Waals surface area contributed by atoms with Crippen molar-refractivity contribution in [2.45, 2.75) is 31.7 Å². The minimum Gasteiger partial charge on any atom is -0.358 e.